The average Bonchev–Trinajstić information content (AvgIpc) is 3.23. The summed E-state index contributed by atoms with van der Waals surface area (Å²) in [5.41, 5.74) is 2.73. The summed E-state index contributed by atoms with van der Waals surface area (Å²) in [5.74, 6) is -0.370. The summed E-state index contributed by atoms with van der Waals surface area (Å²) in [6.07, 6.45) is -0.153. The predicted molar refractivity (Wildman–Crippen MR) is 114 cm³/mol. The first kappa shape index (κ1) is 20.5. The molecule has 31 heavy (non-hydrogen) atoms. The van der Waals surface area contributed by atoms with E-state index >= 15 is 0 Å². The highest BCUT2D eigenvalue weighted by Crippen LogP contribution is 2.41. The normalized spacial score (nSPS) is 11.3. The van der Waals surface area contributed by atoms with E-state index in [0.29, 0.717) is 45.1 Å². The lowest BCUT2D eigenvalue weighted by molar-refractivity contribution is 0.0699. The van der Waals surface area contributed by atoms with Crippen LogP contribution in [0.3, 0.4) is 0 Å². The number of aryl methyl sites for hydroxylation is 2. The number of carboxylic acids is 1. The highest BCUT2D eigenvalue weighted by molar-refractivity contribution is 6.09. The van der Waals surface area contributed by atoms with Gasteiger partial charge in [-0.05, 0) is 58.0 Å². The fourth-order valence-electron chi connectivity index (χ4n) is 3.39. The van der Waals surface area contributed by atoms with Gasteiger partial charge in [0.2, 0.25) is 0 Å². The van der Waals surface area contributed by atoms with Gasteiger partial charge >= 0.3 is 5.97 Å². The second kappa shape index (κ2) is 7.79. The molecule has 0 spiro atoms. The molecule has 4 rings (SSSR count). The van der Waals surface area contributed by atoms with Crippen LogP contribution >= 0.6 is 0 Å². The number of hydrogen-bond acceptors (Lipinski definition) is 6. The Morgan fingerprint density at radius 2 is 1.90 bits per heavy atom. The van der Waals surface area contributed by atoms with E-state index < -0.39 is 11.8 Å². The van der Waals surface area contributed by atoms with Gasteiger partial charge in [0.15, 0.2) is 5.76 Å². The van der Waals surface area contributed by atoms with Crippen LogP contribution in [0.5, 0.6) is 5.75 Å². The summed E-state index contributed by atoms with van der Waals surface area (Å²) in [6, 6.07) is 8.79. The SMILES string of the molecule is Cc1noc(C)c1Nc1cc2oc(-c3ccc(F)cc3)c(C(=O)O)c2cc1OC(C)C. The summed E-state index contributed by atoms with van der Waals surface area (Å²) >= 11 is 0. The number of nitrogens with zero attached hydrogens (tertiary/aromatic N) is 1. The molecule has 0 bridgehead atoms. The maximum Gasteiger partial charge on any atom is 0.340 e. The number of nitrogens with one attached hydrogen (secondary N) is 1. The molecule has 160 valence electrons. The number of halogens is 1. The highest BCUT2D eigenvalue weighted by Gasteiger charge is 2.24. The number of hydrogen-bond donors (Lipinski definition) is 2. The molecule has 0 saturated carbocycles. The van der Waals surface area contributed by atoms with Crippen LogP contribution < -0.4 is 10.1 Å². The van der Waals surface area contributed by atoms with E-state index in [0.717, 1.165) is 0 Å². The van der Waals surface area contributed by atoms with Crippen LogP contribution in [-0.4, -0.2) is 22.3 Å². The molecule has 4 aromatic rings. The third kappa shape index (κ3) is 3.84. The fourth-order valence-corrected chi connectivity index (χ4v) is 3.39. The third-order valence-corrected chi connectivity index (χ3v) is 4.77. The number of benzene rings is 2. The van der Waals surface area contributed by atoms with E-state index in [4.69, 9.17) is 13.7 Å². The van der Waals surface area contributed by atoms with Gasteiger partial charge in [-0.3, -0.25) is 0 Å². The van der Waals surface area contributed by atoms with E-state index in [1.165, 1.54) is 24.3 Å². The molecular formula is C23H21FN2O5. The topological polar surface area (TPSA) is 97.7 Å². The average molecular weight is 424 g/mol. The highest BCUT2D eigenvalue weighted by atomic mass is 19.1. The number of ether oxygens (including phenoxy) is 1. The molecule has 7 nitrogen and oxygen atoms in total. The van der Waals surface area contributed by atoms with Crippen molar-refractivity contribution in [2.75, 3.05) is 5.32 Å². The zero-order valence-electron chi connectivity index (χ0n) is 17.4. The van der Waals surface area contributed by atoms with Crippen molar-refractivity contribution in [2.45, 2.75) is 33.8 Å². The largest absolute Gasteiger partial charge is 0.489 e. The molecule has 2 aromatic carbocycles. The minimum Gasteiger partial charge on any atom is -0.489 e. The number of furan rings is 1. The van der Waals surface area contributed by atoms with Crippen LogP contribution in [0.1, 0.15) is 35.7 Å². The summed E-state index contributed by atoms with van der Waals surface area (Å²) in [5, 5.41) is 17.5. The molecule has 2 heterocycles. The molecule has 8 heteroatoms. The van der Waals surface area contributed by atoms with Gasteiger partial charge in [0.1, 0.15) is 39.9 Å². The maximum absolute atomic E-state index is 13.4. The summed E-state index contributed by atoms with van der Waals surface area (Å²) in [6.45, 7) is 7.34. The van der Waals surface area contributed by atoms with Gasteiger partial charge in [0, 0.05) is 17.0 Å². The Bertz CT molecular complexity index is 1250. The van der Waals surface area contributed by atoms with Crippen LogP contribution in [0.15, 0.2) is 45.3 Å². The molecule has 0 saturated heterocycles. The van der Waals surface area contributed by atoms with Crippen molar-refractivity contribution in [1.82, 2.24) is 5.16 Å². The van der Waals surface area contributed by atoms with Crippen molar-refractivity contribution in [3.05, 3.63) is 59.2 Å². The monoisotopic (exact) mass is 424 g/mol. The fraction of sp³-hybridized carbons (Fsp3) is 0.217. The van der Waals surface area contributed by atoms with Gasteiger partial charge in [0.25, 0.3) is 0 Å². The number of carbonyl (C=O) groups is 1. The molecule has 0 aliphatic carbocycles. The van der Waals surface area contributed by atoms with Gasteiger partial charge in [0.05, 0.1) is 11.8 Å². The van der Waals surface area contributed by atoms with Crippen LogP contribution in [0, 0.1) is 19.7 Å². The van der Waals surface area contributed by atoms with Crippen molar-refractivity contribution in [3.8, 4) is 17.1 Å². The summed E-state index contributed by atoms with van der Waals surface area (Å²) in [7, 11) is 0. The van der Waals surface area contributed by atoms with E-state index in [2.05, 4.69) is 10.5 Å². The van der Waals surface area contributed by atoms with Crippen molar-refractivity contribution >= 4 is 28.3 Å². The van der Waals surface area contributed by atoms with E-state index in [9.17, 15) is 14.3 Å². The molecular weight excluding hydrogens is 403 g/mol. The van der Waals surface area contributed by atoms with Gasteiger partial charge in [-0.15, -0.1) is 0 Å². The Balaban J connectivity index is 1.92. The summed E-state index contributed by atoms with van der Waals surface area (Å²) < 4.78 is 30.4. The molecule has 0 aliphatic heterocycles. The Hall–Kier alpha value is -3.81. The first-order valence-corrected chi connectivity index (χ1v) is 9.71. The molecule has 0 unspecified atom stereocenters. The van der Waals surface area contributed by atoms with E-state index in [1.807, 2.05) is 20.8 Å². The van der Waals surface area contributed by atoms with Crippen molar-refractivity contribution in [3.63, 3.8) is 0 Å². The van der Waals surface area contributed by atoms with Crippen LogP contribution in [0.4, 0.5) is 15.8 Å². The standard InChI is InChI=1S/C23H21FN2O5/c1-11(2)29-19-9-16-18(10-17(19)25-21-12(3)26-31-13(21)4)30-22(20(16)23(27)28)14-5-7-15(24)8-6-14/h5-11,25H,1-4H3,(H,27,28). The van der Waals surface area contributed by atoms with Crippen LogP contribution in [0.2, 0.25) is 0 Å². The van der Waals surface area contributed by atoms with Gasteiger partial charge in [-0.25, -0.2) is 9.18 Å². The zero-order valence-corrected chi connectivity index (χ0v) is 17.4. The quantitative estimate of drug-likeness (QED) is 0.387. The van der Waals surface area contributed by atoms with Gasteiger partial charge in [-0.2, -0.15) is 0 Å². The Morgan fingerprint density at radius 3 is 2.48 bits per heavy atom. The molecule has 0 amide bonds. The lowest BCUT2D eigenvalue weighted by Crippen LogP contribution is -2.08. The van der Waals surface area contributed by atoms with Crippen molar-refractivity contribution in [2.24, 2.45) is 0 Å². The Morgan fingerprint density at radius 1 is 1.19 bits per heavy atom. The second-order valence-corrected chi connectivity index (χ2v) is 7.45. The smallest absolute Gasteiger partial charge is 0.340 e. The van der Waals surface area contributed by atoms with Gasteiger partial charge < -0.3 is 24.1 Å². The van der Waals surface area contributed by atoms with E-state index in [-0.39, 0.29) is 17.4 Å². The number of carboxylic acid groups (broad SMARTS) is 1. The van der Waals surface area contributed by atoms with Gasteiger partial charge in [-0.1, -0.05) is 5.16 Å². The van der Waals surface area contributed by atoms with Crippen molar-refractivity contribution < 1.29 is 28.0 Å². The second-order valence-electron chi connectivity index (χ2n) is 7.45. The maximum atomic E-state index is 13.4. The number of aromatic carboxylic acids is 1. The molecule has 0 aliphatic rings. The predicted octanol–water partition coefficient (Wildman–Crippen LogP) is 6.07. The lowest BCUT2D eigenvalue weighted by Gasteiger charge is -2.15. The Kier molecular flexibility index (Phi) is 5.14. The van der Waals surface area contributed by atoms with Crippen LogP contribution in [-0.2, 0) is 0 Å². The third-order valence-electron chi connectivity index (χ3n) is 4.77. The first-order chi connectivity index (χ1) is 14.7. The van der Waals surface area contributed by atoms with E-state index in [1.54, 1.807) is 19.1 Å². The summed E-state index contributed by atoms with van der Waals surface area (Å²) in [4.78, 5) is 12.1. The molecule has 2 N–H and O–H groups in total. The first-order valence-electron chi connectivity index (χ1n) is 9.71. The number of fused-ring (bicyclic) bond motifs is 1. The number of rotatable bonds is 6. The van der Waals surface area contributed by atoms with Crippen molar-refractivity contribution in [1.29, 1.82) is 0 Å². The number of aromatic nitrogens is 1. The zero-order chi connectivity index (χ0) is 22.3. The molecule has 0 radical (unpaired) electrons. The molecule has 0 fully saturated rings. The van der Waals surface area contributed by atoms with Crippen LogP contribution in [0.25, 0.3) is 22.3 Å². The number of anilines is 2. The Labute approximate surface area is 177 Å². The lowest BCUT2D eigenvalue weighted by atomic mass is 10.0. The molecule has 2 aromatic heterocycles. The minimum absolute atomic E-state index is 0.0147. The minimum atomic E-state index is -1.15. The molecule has 0 atom stereocenters.